The van der Waals surface area contributed by atoms with Crippen LogP contribution in [0.3, 0.4) is 0 Å². The average Bonchev–Trinajstić information content (AvgIpc) is 2.40. The summed E-state index contributed by atoms with van der Waals surface area (Å²) in [7, 11) is 0. The maximum atomic E-state index is 11.7. The van der Waals surface area contributed by atoms with E-state index in [4.69, 9.17) is 4.74 Å². The Bertz CT molecular complexity index is 397. The zero-order valence-corrected chi connectivity index (χ0v) is 13.8. The highest BCUT2D eigenvalue weighted by Gasteiger charge is 2.08. The largest absolute Gasteiger partial charge is 0.493 e. The molecule has 1 aromatic rings. The lowest BCUT2D eigenvalue weighted by Gasteiger charge is -2.18. The molecule has 1 aromatic carbocycles. The van der Waals surface area contributed by atoms with Crippen molar-refractivity contribution in [1.82, 2.24) is 4.90 Å². The molecule has 1 amide bonds. The van der Waals surface area contributed by atoms with E-state index in [1.807, 2.05) is 43.0 Å². The maximum absolute atomic E-state index is 11.7. The zero-order valence-electron chi connectivity index (χ0n) is 11.4. The number of hydrogen-bond donors (Lipinski definition) is 0. The summed E-state index contributed by atoms with van der Waals surface area (Å²) in [6.07, 6.45) is 0. The fourth-order valence-corrected chi connectivity index (χ4v) is 2.68. The Morgan fingerprint density at radius 1 is 1.37 bits per heavy atom. The summed E-state index contributed by atoms with van der Waals surface area (Å²) in [5.41, 5.74) is 0. The van der Waals surface area contributed by atoms with Crippen LogP contribution in [0.5, 0.6) is 5.75 Å². The minimum absolute atomic E-state index is 0.206. The molecule has 0 aromatic heterocycles. The van der Waals surface area contributed by atoms with Crippen LogP contribution in [0.15, 0.2) is 28.7 Å². The third-order valence-corrected chi connectivity index (χ3v) is 4.03. The van der Waals surface area contributed by atoms with Gasteiger partial charge < -0.3 is 9.64 Å². The Hall–Kier alpha value is -0.680. The second-order valence-corrected chi connectivity index (χ2v) is 5.95. The molecule has 0 aliphatic carbocycles. The number of ether oxygens (including phenoxy) is 1. The van der Waals surface area contributed by atoms with Gasteiger partial charge in [-0.15, -0.1) is 11.8 Å². The molecule has 5 heteroatoms. The minimum atomic E-state index is 0.206. The number of nitrogens with zero attached hydrogens (tertiary/aromatic N) is 1. The van der Waals surface area contributed by atoms with E-state index in [0.717, 1.165) is 29.1 Å². The summed E-state index contributed by atoms with van der Waals surface area (Å²) >= 11 is 5.02. The summed E-state index contributed by atoms with van der Waals surface area (Å²) in [6.45, 7) is 6.19. The van der Waals surface area contributed by atoms with Crippen LogP contribution >= 0.6 is 27.7 Å². The van der Waals surface area contributed by atoms with E-state index in [0.29, 0.717) is 12.4 Å². The molecule has 0 saturated heterocycles. The van der Waals surface area contributed by atoms with E-state index in [-0.39, 0.29) is 5.91 Å². The molecule has 0 heterocycles. The normalized spacial score (nSPS) is 10.3. The highest BCUT2D eigenvalue weighted by atomic mass is 79.9. The molecule has 0 unspecified atom stereocenters. The first-order chi connectivity index (χ1) is 9.17. The predicted molar refractivity (Wildman–Crippen MR) is 84.9 cm³/mol. The second-order valence-electron chi connectivity index (χ2n) is 3.92. The number of hydrogen-bond acceptors (Lipinski definition) is 3. The first-order valence-corrected chi connectivity index (χ1v) is 8.36. The van der Waals surface area contributed by atoms with Crippen LogP contribution in [-0.2, 0) is 4.79 Å². The number of thioether (sulfide) groups is 1. The molecule has 0 atom stereocenters. The number of halogens is 1. The molecule has 0 N–H and O–H groups in total. The molecular weight excluding hydrogens is 326 g/mol. The van der Waals surface area contributed by atoms with Gasteiger partial charge in [-0.25, -0.2) is 0 Å². The Morgan fingerprint density at radius 2 is 2.11 bits per heavy atom. The zero-order chi connectivity index (χ0) is 14.1. The van der Waals surface area contributed by atoms with Crippen molar-refractivity contribution in [3.63, 3.8) is 0 Å². The van der Waals surface area contributed by atoms with Crippen molar-refractivity contribution in [2.24, 2.45) is 0 Å². The summed E-state index contributed by atoms with van der Waals surface area (Å²) in [6, 6.07) is 7.77. The van der Waals surface area contributed by atoms with Crippen LogP contribution in [0.25, 0.3) is 0 Å². The molecule has 0 radical (unpaired) electrons. The van der Waals surface area contributed by atoms with Gasteiger partial charge in [-0.2, -0.15) is 0 Å². The Balaban J connectivity index is 2.16. The SMILES string of the molecule is CCN(CC)C(=O)CSCCOc1cccc(Br)c1. The monoisotopic (exact) mass is 345 g/mol. The molecule has 0 spiro atoms. The van der Waals surface area contributed by atoms with Crippen molar-refractivity contribution in [1.29, 1.82) is 0 Å². The quantitative estimate of drug-likeness (QED) is 0.676. The van der Waals surface area contributed by atoms with Crippen molar-refractivity contribution in [2.75, 3.05) is 31.2 Å². The van der Waals surface area contributed by atoms with E-state index in [1.165, 1.54) is 0 Å². The van der Waals surface area contributed by atoms with Crippen molar-refractivity contribution in [3.8, 4) is 5.75 Å². The van der Waals surface area contributed by atoms with Gasteiger partial charge in [0.25, 0.3) is 0 Å². The van der Waals surface area contributed by atoms with Gasteiger partial charge in [0.05, 0.1) is 12.4 Å². The first kappa shape index (κ1) is 16.4. The van der Waals surface area contributed by atoms with Gasteiger partial charge in [-0.1, -0.05) is 22.0 Å². The number of rotatable bonds is 8. The van der Waals surface area contributed by atoms with Gasteiger partial charge in [-0.3, -0.25) is 4.79 Å². The van der Waals surface area contributed by atoms with Crippen LogP contribution < -0.4 is 4.74 Å². The van der Waals surface area contributed by atoms with E-state index in [2.05, 4.69) is 15.9 Å². The number of amides is 1. The molecule has 0 aliphatic rings. The lowest BCUT2D eigenvalue weighted by atomic mass is 10.3. The molecule has 0 saturated carbocycles. The average molecular weight is 346 g/mol. The number of benzene rings is 1. The van der Waals surface area contributed by atoms with Crippen molar-refractivity contribution in [2.45, 2.75) is 13.8 Å². The van der Waals surface area contributed by atoms with Crippen molar-refractivity contribution < 1.29 is 9.53 Å². The van der Waals surface area contributed by atoms with Crippen LogP contribution in [0, 0.1) is 0 Å². The number of carbonyl (C=O) groups excluding carboxylic acids is 1. The lowest BCUT2D eigenvalue weighted by molar-refractivity contribution is -0.127. The molecule has 1 rings (SSSR count). The van der Waals surface area contributed by atoms with Crippen LogP contribution in [0.4, 0.5) is 0 Å². The number of carbonyl (C=O) groups is 1. The second kappa shape index (κ2) is 9.26. The Labute approximate surface area is 127 Å². The van der Waals surface area contributed by atoms with Crippen molar-refractivity contribution >= 4 is 33.6 Å². The van der Waals surface area contributed by atoms with Gasteiger partial charge in [0.15, 0.2) is 0 Å². The summed E-state index contributed by atoms with van der Waals surface area (Å²) in [4.78, 5) is 13.6. The van der Waals surface area contributed by atoms with Crippen LogP contribution in [0.1, 0.15) is 13.8 Å². The molecular formula is C14H20BrNO2S. The smallest absolute Gasteiger partial charge is 0.232 e. The fraction of sp³-hybridized carbons (Fsp3) is 0.500. The maximum Gasteiger partial charge on any atom is 0.232 e. The highest BCUT2D eigenvalue weighted by Crippen LogP contribution is 2.17. The van der Waals surface area contributed by atoms with Gasteiger partial charge in [0, 0.05) is 23.3 Å². The molecule has 3 nitrogen and oxygen atoms in total. The summed E-state index contributed by atoms with van der Waals surface area (Å²) < 4.78 is 6.61. The fourth-order valence-electron chi connectivity index (χ4n) is 1.60. The summed E-state index contributed by atoms with van der Waals surface area (Å²) in [5, 5.41) is 0. The van der Waals surface area contributed by atoms with Crippen LogP contribution in [0.2, 0.25) is 0 Å². The third kappa shape index (κ3) is 6.34. The van der Waals surface area contributed by atoms with Gasteiger partial charge >= 0.3 is 0 Å². The van der Waals surface area contributed by atoms with E-state index < -0.39 is 0 Å². The highest BCUT2D eigenvalue weighted by molar-refractivity contribution is 9.10. The van der Waals surface area contributed by atoms with Gasteiger partial charge in [-0.05, 0) is 32.0 Å². The predicted octanol–water partition coefficient (Wildman–Crippen LogP) is 3.43. The van der Waals surface area contributed by atoms with Gasteiger partial charge in [0.2, 0.25) is 5.91 Å². The van der Waals surface area contributed by atoms with E-state index in [9.17, 15) is 4.79 Å². The topological polar surface area (TPSA) is 29.5 Å². The summed E-state index contributed by atoms with van der Waals surface area (Å²) in [5.74, 6) is 2.41. The Kier molecular flexibility index (Phi) is 7.98. The molecule has 0 fully saturated rings. The van der Waals surface area contributed by atoms with E-state index >= 15 is 0 Å². The molecule has 0 aliphatic heterocycles. The standard InChI is InChI=1S/C14H20BrNO2S/c1-3-16(4-2)14(17)11-19-9-8-18-13-7-5-6-12(15)10-13/h5-7,10H,3-4,8-9,11H2,1-2H3. The van der Waals surface area contributed by atoms with Crippen LogP contribution in [-0.4, -0.2) is 42.0 Å². The van der Waals surface area contributed by atoms with E-state index in [1.54, 1.807) is 11.8 Å². The minimum Gasteiger partial charge on any atom is -0.493 e. The Morgan fingerprint density at radius 3 is 2.74 bits per heavy atom. The third-order valence-electron chi connectivity index (χ3n) is 2.63. The van der Waals surface area contributed by atoms with Gasteiger partial charge in [0.1, 0.15) is 5.75 Å². The first-order valence-electron chi connectivity index (χ1n) is 6.41. The lowest BCUT2D eigenvalue weighted by Crippen LogP contribution is -2.32. The molecule has 106 valence electrons. The molecule has 0 bridgehead atoms. The van der Waals surface area contributed by atoms with Crippen molar-refractivity contribution in [3.05, 3.63) is 28.7 Å². The molecule has 19 heavy (non-hydrogen) atoms.